The van der Waals surface area contributed by atoms with E-state index in [1.54, 1.807) is 6.92 Å². The average Bonchev–Trinajstić information content (AvgIpc) is 2.22. The minimum atomic E-state index is -1.08. The third-order valence-electron chi connectivity index (χ3n) is 2.85. The molecule has 1 aliphatic rings. The van der Waals surface area contributed by atoms with E-state index < -0.39 is 24.0 Å². The number of hydrogen-bond donors (Lipinski definition) is 1. The van der Waals surface area contributed by atoms with Crippen molar-refractivity contribution in [2.24, 2.45) is 5.89 Å². The van der Waals surface area contributed by atoms with Crippen LogP contribution in [0.25, 0.3) is 0 Å². The number of nitrogens with zero attached hydrogens (tertiary/aromatic N) is 1. The minimum Gasteiger partial charge on any atom is -0.480 e. The highest BCUT2D eigenvalue weighted by atomic mass is 16.6. The summed E-state index contributed by atoms with van der Waals surface area (Å²) in [5.41, 5.74) is 0. The maximum Gasteiger partial charge on any atom is 0.410 e. The van der Waals surface area contributed by atoms with E-state index in [4.69, 9.17) is 11.2 Å². The number of likely N-dealkylation sites (N-methyl/N-ethyl adjacent to an activating group) is 1. The molecule has 0 saturated heterocycles. The molecular weight excluding hydrogens is 210 g/mol. The van der Waals surface area contributed by atoms with Crippen LogP contribution in [-0.2, 0) is 9.53 Å². The van der Waals surface area contributed by atoms with E-state index in [2.05, 4.69) is 0 Å². The molecule has 1 amide bonds. The lowest BCUT2D eigenvalue weighted by molar-refractivity contribution is -0.143. The fourth-order valence-corrected chi connectivity index (χ4v) is 1.65. The lowest BCUT2D eigenvalue weighted by Gasteiger charge is -2.31. The molecule has 0 aromatic heterocycles. The molecule has 1 rings (SSSR count). The zero-order valence-corrected chi connectivity index (χ0v) is 9.73. The molecule has 0 aliphatic heterocycles. The van der Waals surface area contributed by atoms with Crippen molar-refractivity contribution >= 4 is 12.1 Å². The first-order chi connectivity index (χ1) is 7.89. The molecule has 0 radical (unpaired) electrons. The lowest BCUT2D eigenvalue weighted by atomic mass is 9.80. The molecular formula is C11H19NO4. The van der Waals surface area contributed by atoms with Crippen LogP contribution in [0, 0.1) is 5.89 Å². The average molecular weight is 230 g/mol. The van der Waals surface area contributed by atoms with Crippen molar-refractivity contribution in [1.82, 2.24) is 4.90 Å². The van der Waals surface area contributed by atoms with Crippen LogP contribution in [0.4, 0.5) is 4.79 Å². The number of rotatable bonds is 5. The highest BCUT2D eigenvalue weighted by Gasteiger charge is 2.32. The van der Waals surface area contributed by atoms with Gasteiger partial charge in [0.05, 0.1) is 6.61 Å². The summed E-state index contributed by atoms with van der Waals surface area (Å²) < 4.78 is 12.7. The zero-order valence-electron chi connectivity index (χ0n) is 10.7. The molecule has 0 heterocycles. The zero-order chi connectivity index (χ0) is 13.1. The van der Waals surface area contributed by atoms with Crippen LogP contribution < -0.4 is 0 Å². The van der Waals surface area contributed by atoms with Gasteiger partial charge < -0.3 is 9.84 Å². The minimum absolute atomic E-state index is 0.164. The summed E-state index contributed by atoms with van der Waals surface area (Å²) >= 11 is 0. The third kappa shape index (κ3) is 3.12. The Hall–Kier alpha value is -1.26. The molecule has 5 heteroatoms. The molecule has 1 fully saturated rings. The van der Waals surface area contributed by atoms with Crippen molar-refractivity contribution in [2.75, 3.05) is 13.7 Å². The number of carbonyl (C=O) groups is 2. The molecule has 1 aliphatic carbocycles. The predicted molar refractivity (Wildman–Crippen MR) is 58.2 cm³/mol. The van der Waals surface area contributed by atoms with E-state index >= 15 is 0 Å². The summed E-state index contributed by atoms with van der Waals surface area (Å²) in [5, 5.41) is 9.11. The fraction of sp³-hybridized carbons (Fsp3) is 0.818. The maximum absolute atomic E-state index is 11.5. The maximum atomic E-state index is 11.5. The van der Waals surface area contributed by atoms with E-state index in [1.165, 1.54) is 7.05 Å². The van der Waals surface area contributed by atoms with Crippen molar-refractivity contribution in [2.45, 2.75) is 38.6 Å². The van der Waals surface area contributed by atoms with Crippen LogP contribution in [-0.4, -0.2) is 41.8 Å². The van der Waals surface area contributed by atoms with Gasteiger partial charge in [-0.1, -0.05) is 19.3 Å². The first-order valence-corrected chi connectivity index (χ1v) is 5.52. The van der Waals surface area contributed by atoms with Crippen LogP contribution >= 0.6 is 0 Å². The largest absolute Gasteiger partial charge is 0.480 e. The monoisotopic (exact) mass is 230 g/mol. The quantitative estimate of drug-likeness (QED) is 0.780. The number of carbonyl (C=O) groups excluding carboxylic acids is 1. The molecule has 0 unspecified atom stereocenters. The molecule has 1 N–H and O–H groups in total. The summed E-state index contributed by atoms with van der Waals surface area (Å²) in [7, 11) is 1.40. The van der Waals surface area contributed by atoms with Gasteiger partial charge in [0, 0.05) is 8.42 Å². The van der Waals surface area contributed by atoms with Gasteiger partial charge in [-0.2, -0.15) is 0 Å². The Morgan fingerprint density at radius 1 is 1.62 bits per heavy atom. The SMILES string of the molecule is [2H]C1(C[C@@H](C(=O)O)N(C)C(=O)OCC)CCC1. The standard InChI is InChI=1S/C11H19NO4/c1-3-16-11(15)12(2)9(10(13)14)7-8-5-4-6-8/h8-9H,3-7H2,1-2H3,(H,13,14)/t9-/m0/s1/i8D. The summed E-state index contributed by atoms with van der Waals surface area (Å²) in [6.07, 6.45) is 1.88. The van der Waals surface area contributed by atoms with Crippen molar-refractivity contribution in [3.05, 3.63) is 0 Å². The van der Waals surface area contributed by atoms with Gasteiger partial charge in [-0.3, -0.25) is 4.90 Å². The van der Waals surface area contributed by atoms with Gasteiger partial charge in [-0.25, -0.2) is 9.59 Å². The Balaban J connectivity index is 2.64. The first kappa shape index (κ1) is 11.2. The van der Waals surface area contributed by atoms with Gasteiger partial charge in [-0.15, -0.1) is 0 Å². The fourth-order valence-electron chi connectivity index (χ4n) is 1.65. The van der Waals surface area contributed by atoms with Crippen LogP contribution in [0.2, 0.25) is 0 Å². The normalized spacial score (nSPS) is 20.2. The summed E-state index contributed by atoms with van der Waals surface area (Å²) in [6.45, 7) is 1.88. The second-order valence-corrected chi connectivity index (χ2v) is 3.97. The van der Waals surface area contributed by atoms with Gasteiger partial charge in [0.2, 0.25) is 0 Å². The Labute approximate surface area is 96.8 Å². The van der Waals surface area contributed by atoms with E-state index in [0.29, 0.717) is 12.8 Å². The summed E-state index contributed by atoms with van der Waals surface area (Å²) in [5.74, 6) is -1.77. The number of aliphatic carboxylic acids is 1. The smallest absolute Gasteiger partial charge is 0.410 e. The van der Waals surface area contributed by atoms with E-state index in [1.807, 2.05) is 0 Å². The van der Waals surface area contributed by atoms with Crippen molar-refractivity contribution in [3.63, 3.8) is 0 Å². The van der Waals surface area contributed by atoms with Gasteiger partial charge in [0.1, 0.15) is 6.04 Å². The Kier molecular flexibility index (Phi) is 4.02. The van der Waals surface area contributed by atoms with E-state index in [9.17, 15) is 9.59 Å². The van der Waals surface area contributed by atoms with Gasteiger partial charge >= 0.3 is 12.1 Å². The highest BCUT2D eigenvalue weighted by molar-refractivity contribution is 5.79. The Morgan fingerprint density at radius 3 is 2.62 bits per heavy atom. The van der Waals surface area contributed by atoms with E-state index in [-0.39, 0.29) is 13.0 Å². The molecule has 0 spiro atoms. The van der Waals surface area contributed by atoms with Crippen molar-refractivity contribution < 1.29 is 20.8 Å². The van der Waals surface area contributed by atoms with Crippen molar-refractivity contribution in [3.8, 4) is 0 Å². The highest BCUT2D eigenvalue weighted by Crippen LogP contribution is 2.31. The van der Waals surface area contributed by atoms with Crippen LogP contribution in [0.5, 0.6) is 0 Å². The molecule has 16 heavy (non-hydrogen) atoms. The van der Waals surface area contributed by atoms with Gasteiger partial charge in [0.15, 0.2) is 0 Å². The van der Waals surface area contributed by atoms with Crippen molar-refractivity contribution in [1.29, 1.82) is 0 Å². The molecule has 0 bridgehead atoms. The van der Waals surface area contributed by atoms with Gasteiger partial charge in [-0.05, 0) is 19.2 Å². The first-order valence-electron chi connectivity index (χ1n) is 6.02. The predicted octanol–water partition coefficient (Wildman–Crippen LogP) is 1.72. The third-order valence-corrected chi connectivity index (χ3v) is 2.85. The Morgan fingerprint density at radius 2 is 2.25 bits per heavy atom. The number of hydrogen-bond acceptors (Lipinski definition) is 3. The molecule has 1 saturated carbocycles. The van der Waals surface area contributed by atoms with Crippen LogP contribution in [0.3, 0.4) is 0 Å². The summed E-state index contributed by atoms with van der Waals surface area (Å²) in [4.78, 5) is 23.7. The lowest BCUT2D eigenvalue weighted by Crippen LogP contribution is -2.44. The number of carboxylic acid groups (broad SMARTS) is 1. The topological polar surface area (TPSA) is 66.8 Å². The summed E-state index contributed by atoms with van der Waals surface area (Å²) in [6, 6.07) is -0.980. The molecule has 92 valence electrons. The van der Waals surface area contributed by atoms with E-state index in [0.717, 1.165) is 11.3 Å². The number of ether oxygens (including phenoxy) is 1. The van der Waals surface area contributed by atoms with Gasteiger partial charge in [0.25, 0.3) is 0 Å². The molecule has 0 aromatic rings. The molecule has 0 aromatic carbocycles. The Bertz CT molecular complexity index is 304. The number of carboxylic acids is 1. The van der Waals surface area contributed by atoms with Crippen LogP contribution in [0.1, 0.15) is 34.0 Å². The molecule has 5 nitrogen and oxygen atoms in total. The second kappa shape index (κ2) is 5.72. The second-order valence-electron chi connectivity index (χ2n) is 3.97. The number of amides is 1. The molecule has 1 atom stereocenters. The van der Waals surface area contributed by atoms with Crippen LogP contribution in [0.15, 0.2) is 0 Å².